The Hall–Kier alpha value is -1.75. The van der Waals surface area contributed by atoms with E-state index in [9.17, 15) is 9.59 Å². The summed E-state index contributed by atoms with van der Waals surface area (Å²) in [6.07, 6.45) is 3.75. The monoisotopic (exact) mass is 310 g/mol. The maximum Gasteiger partial charge on any atom is 0.323 e. The second kappa shape index (κ2) is 6.80. The van der Waals surface area contributed by atoms with E-state index in [4.69, 9.17) is 16.7 Å². The van der Waals surface area contributed by atoms with Gasteiger partial charge in [0.2, 0.25) is 0 Å². The maximum absolute atomic E-state index is 12.4. The third-order valence-electron chi connectivity index (χ3n) is 3.79. The Balaban J connectivity index is 2.16. The van der Waals surface area contributed by atoms with Crippen molar-refractivity contribution in [1.82, 2.24) is 4.90 Å². The van der Waals surface area contributed by atoms with Crippen LogP contribution in [0.1, 0.15) is 31.2 Å². The SMILES string of the molecule is Cc1cccc(Cl)c1NC(=O)N(CC(=O)O)C1CCCC1. The predicted molar refractivity (Wildman–Crippen MR) is 81.8 cm³/mol. The molecule has 0 saturated heterocycles. The molecule has 1 aliphatic rings. The molecule has 0 unspecified atom stereocenters. The molecule has 0 aliphatic heterocycles. The maximum atomic E-state index is 12.4. The van der Waals surface area contributed by atoms with Crippen LogP contribution in [0.2, 0.25) is 5.02 Å². The molecule has 1 aromatic rings. The molecule has 21 heavy (non-hydrogen) atoms. The van der Waals surface area contributed by atoms with Gasteiger partial charge in [0.25, 0.3) is 0 Å². The molecular formula is C15H19ClN2O3. The molecule has 0 spiro atoms. The van der Waals surface area contributed by atoms with E-state index in [1.54, 1.807) is 12.1 Å². The van der Waals surface area contributed by atoms with E-state index in [0.717, 1.165) is 31.2 Å². The fourth-order valence-electron chi connectivity index (χ4n) is 2.70. The van der Waals surface area contributed by atoms with Crippen molar-refractivity contribution in [2.24, 2.45) is 0 Å². The highest BCUT2D eigenvalue weighted by atomic mass is 35.5. The molecule has 2 rings (SSSR count). The summed E-state index contributed by atoms with van der Waals surface area (Å²) >= 11 is 6.09. The number of carbonyl (C=O) groups is 2. The van der Waals surface area contributed by atoms with Crippen molar-refractivity contribution in [3.05, 3.63) is 28.8 Å². The van der Waals surface area contributed by atoms with E-state index >= 15 is 0 Å². The minimum absolute atomic E-state index is 0.0103. The second-order valence-electron chi connectivity index (χ2n) is 5.32. The summed E-state index contributed by atoms with van der Waals surface area (Å²) in [4.78, 5) is 24.8. The largest absolute Gasteiger partial charge is 0.480 e. The fraction of sp³-hybridized carbons (Fsp3) is 0.467. The van der Waals surface area contributed by atoms with Crippen molar-refractivity contribution >= 4 is 29.3 Å². The lowest BCUT2D eigenvalue weighted by Gasteiger charge is -2.28. The van der Waals surface area contributed by atoms with Crippen molar-refractivity contribution in [2.45, 2.75) is 38.6 Å². The van der Waals surface area contributed by atoms with E-state index in [-0.39, 0.29) is 12.6 Å². The van der Waals surface area contributed by atoms with Crippen molar-refractivity contribution in [2.75, 3.05) is 11.9 Å². The number of nitrogens with zero attached hydrogens (tertiary/aromatic N) is 1. The summed E-state index contributed by atoms with van der Waals surface area (Å²) in [7, 11) is 0. The first-order valence-electron chi connectivity index (χ1n) is 7.03. The zero-order chi connectivity index (χ0) is 15.4. The molecule has 1 fully saturated rings. The van der Waals surface area contributed by atoms with Crippen LogP contribution in [-0.2, 0) is 4.79 Å². The lowest BCUT2D eigenvalue weighted by molar-refractivity contribution is -0.138. The van der Waals surface area contributed by atoms with Gasteiger partial charge in [0.1, 0.15) is 6.54 Å². The van der Waals surface area contributed by atoms with Crippen LogP contribution in [0.5, 0.6) is 0 Å². The first-order chi connectivity index (χ1) is 9.99. The Labute approximate surface area is 128 Å². The van der Waals surface area contributed by atoms with Crippen molar-refractivity contribution < 1.29 is 14.7 Å². The Morgan fingerprint density at radius 1 is 1.38 bits per heavy atom. The predicted octanol–water partition coefficient (Wildman–Crippen LogP) is 3.51. The summed E-state index contributed by atoms with van der Waals surface area (Å²) < 4.78 is 0. The van der Waals surface area contributed by atoms with Gasteiger partial charge in [0.05, 0.1) is 10.7 Å². The molecule has 6 heteroatoms. The van der Waals surface area contributed by atoms with Gasteiger partial charge in [-0.3, -0.25) is 4.79 Å². The van der Waals surface area contributed by atoms with Crippen molar-refractivity contribution in [3.8, 4) is 0 Å². The second-order valence-corrected chi connectivity index (χ2v) is 5.73. The average Bonchev–Trinajstić information content (AvgIpc) is 2.93. The average molecular weight is 311 g/mol. The number of carboxylic acids is 1. The number of halogens is 1. The number of carboxylic acid groups (broad SMARTS) is 1. The van der Waals surface area contributed by atoms with E-state index in [0.29, 0.717) is 10.7 Å². The van der Waals surface area contributed by atoms with Crippen LogP contribution in [0.3, 0.4) is 0 Å². The highest BCUT2D eigenvalue weighted by molar-refractivity contribution is 6.33. The minimum Gasteiger partial charge on any atom is -0.480 e. The number of carbonyl (C=O) groups excluding carboxylic acids is 1. The van der Waals surface area contributed by atoms with E-state index in [1.165, 1.54) is 4.90 Å². The Kier molecular flexibility index (Phi) is 5.07. The van der Waals surface area contributed by atoms with Crippen LogP contribution in [-0.4, -0.2) is 34.6 Å². The molecule has 1 aliphatic carbocycles. The molecule has 0 atom stereocenters. The summed E-state index contributed by atoms with van der Waals surface area (Å²) in [5.74, 6) is -1.01. The number of amides is 2. The third-order valence-corrected chi connectivity index (χ3v) is 4.10. The molecule has 0 bridgehead atoms. The van der Waals surface area contributed by atoms with E-state index < -0.39 is 12.0 Å². The van der Waals surface area contributed by atoms with Crippen LogP contribution >= 0.6 is 11.6 Å². The zero-order valence-electron chi connectivity index (χ0n) is 11.9. The van der Waals surface area contributed by atoms with Gasteiger partial charge in [-0.1, -0.05) is 36.6 Å². The summed E-state index contributed by atoms with van der Waals surface area (Å²) in [5, 5.41) is 12.2. The first kappa shape index (κ1) is 15.6. The van der Waals surface area contributed by atoms with Gasteiger partial charge >= 0.3 is 12.0 Å². The molecule has 1 aromatic carbocycles. The highest BCUT2D eigenvalue weighted by Gasteiger charge is 2.28. The normalized spacial score (nSPS) is 15.0. The number of anilines is 1. The number of para-hydroxylation sites is 1. The topological polar surface area (TPSA) is 69.6 Å². The number of urea groups is 1. The van der Waals surface area contributed by atoms with Crippen molar-refractivity contribution in [3.63, 3.8) is 0 Å². The van der Waals surface area contributed by atoms with Gasteiger partial charge in [-0.15, -0.1) is 0 Å². The number of nitrogens with one attached hydrogen (secondary N) is 1. The molecule has 1 saturated carbocycles. The number of aliphatic carboxylic acids is 1. The summed E-state index contributed by atoms with van der Waals surface area (Å²) in [5.41, 5.74) is 1.38. The molecular weight excluding hydrogens is 292 g/mol. The Bertz CT molecular complexity index is 521. The highest BCUT2D eigenvalue weighted by Crippen LogP contribution is 2.28. The van der Waals surface area contributed by atoms with Crippen LogP contribution < -0.4 is 5.32 Å². The molecule has 114 valence electrons. The van der Waals surface area contributed by atoms with Gasteiger partial charge in [0.15, 0.2) is 0 Å². The first-order valence-corrected chi connectivity index (χ1v) is 7.41. The van der Waals surface area contributed by atoms with E-state index in [1.807, 2.05) is 13.0 Å². The standard InChI is InChI=1S/C15H19ClN2O3/c1-10-5-4-8-12(16)14(10)17-15(21)18(9-13(19)20)11-6-2-3-7-11/h4-5,8,11H,2-3,6-7,9H2,1H3,(H,17,21)(H,19,20). The zero-order valence-corrected chi connectivity index (χ0v) is 12.7. The number of rotatable bonds is 4. The smallest absolute Gasteiger partial charge is 0.323 e. The number of aryl methyl sites for hydroxylation is 1. The van der Waals surface area contributed by atoms with Crippen LogP contribution in [0.4, 0.5) is 10.5 Å². The van der Waals surface area contributed by atoms with E-state index in [2.05, 4.69) is 5.32 Å². The summed E-state index contributed by atoms with van der Waals surface area (Å²) in [6, 6.07) is 4.93. The third kappa shape index (κ3) is 3.88. The Morgan fingerprint density at radius 3 is 2.62 bits per heavy atom. The van der Waals surface area contributed by atoms with Crippen LogP contribution in [0, 0.1) is 6.92 Å². The van der Waals surface area contributed by atoms with Gasteiger partial charge in [0, 0.05) is 6.04 Å². The molecule has 5 nitrogen and oxygen atoms in total. The Morgan fingerprint density at radius 2 is 2.05 bits per heavy atom. The fourth-order valence-corrected chi connectivity index (χ4v) is 2.97. The van der Waals surface area contributed by atoms with Gasteiger partial charge in [-0.25, -0.2) is 4.79 Å². The van der Waals surface area contributed by atoms with Gasteiger partial charge in [-0.05, 0) is 31.4 Å². The van der Waals surface area contributed by atoms with Gasteiger partial charge < -0.3 is 15.3 Å². The molecule has 2 amide bonds. The van der Waals surface area contributed by atoms with Crippen molar-refractivity contribution in [1.29, 1.82) is 0 Å². The molecule has 0 radical (unpaired) electrons. The minimum atomic E-state index is -1.01. The molecule has 2 N–H and O–H groups in total. The molecule has 0 heterocycles. The number of benzene rings is 1. The quantitative estimate of drug-likeness (QED) is 0.894. The van der Waals surface area contributed by atoms with Crippen LogP contribution in [0.25, 0.3) is 0 Å². The number of hydrogen-bond acceptors (Lipinski definition) is 2. The van der Waals surface area contributed by atoms with Crippen LogP contribution in [0.15, 0.2) is 18.2 Å². The summed E-state index contributed by atoms with van der Waals surface area (Å²) in [6.45, 7) is 1.55. The number of hydrogen-bond donors (Lipinski definition) is 2. The molecule has 0 aromatic heterocycles. The lowest BCUT2D eigenvalue weighted by atomic mass is 10.2. The van der Waals surface area contributed by atoms with Gasteiger partial charge in [-0.2, -0.15) is 0 Å². The lowest BCUT2D eigenvalue weighted by Crippen LogP contribution is -2.44.